The molecule has 0 spiro atoms. The van der Waals surface area contributed by atoms with E-state index in [2.05, 4.69) is 39.6 Å². The lowest BCUT2D eigenvalue weighted by molar-refractivity contribution is 0.121. The van der Waals surface area contributed by atoms with Crippen LogP contribution in [0.5, 0.6) is 5.75 Å². The molecule has 0 saturated heterocycles. The molecule has 0 fully saturated rings. The normalized spacial score (nSPS) is 13.6. The van der Waals surface area contributed by atoms with Crippen LogP contribution < -0.4 is 10.5 Å². The third-order valence-electron chi connectivity index (χ3n) is 3.81. The monoisotopic (exact) mass is 264 g/mol. The second-order valence-corrected chi connectivity index (χ2v) is 6.18. The minimum absolute atomic E-state index is 0.282. The van der Waals surface area contributed by atoms with E-state index in [9.17, 15) is 0 Å². The SMILES string of the molecule is CC(N(C)CCOc1ccccc1CN)C(C)(C)C. The summed E-state index contributed by atoms with van der Waals surface area (Å²) in [6, 6.07) is 8.48. The third kappa shape index (κ3) is 4.84. The van der Waals surface area contributed by atoms with Crippen LogP contribution in [0.4, 0.5) is 0 Å². The Morgan fingerprint density at radius 1 is 1.26 bits per heavy atom. The summed E-state index contributed by atoms with van der Waals surface area (Å²) in [5.41, 5.74) is 7.04. The number of nitrogens with zero attached hydrogens (tertiary/aromatic N) is 1. The summed E-state index contributed by atoms with van der Waals surface area (Å²) in [6.07, 6.45) is 0. The Morgan fingerprint density at radius 3 is 2.47 bits per heavy atom. The molecule has 0 radical (unpaired) electrons. The summed E-state index contributed by atoms with van der Waals surface area (Å²) < 4.78 is 5.84. The molecule has 1 aromatic rings. The van der Waals surface area contributed by atoms with E-state index in [0.29, 0.717) is 19.2 Å². The molecular weight excluding hydrogens is 236 g/mol. The molecule has 0 aliphatic heterocycles. The third-order valence-corrected chi connectivity index (χ3v) is 3.81. The molecule has 1 unspecified atom stereocenters. The van der Waals surface area contributed by atoms with Crippen LogP contribution in [-0.2, 0) is 6.54 Å². The van der Waals surface area contributed by atoms with Crippen molar-refractivity contribution in [2.75, 3.05) is 20.2 Å². The molecule has 108 valence electrons. The topological polar surface area (TPSA) is 38.5 Å². The molecule has 0 aromatic heterocycles. The van der Waals surface area contributed by atoms with Gasteiger partial charge < -0.3 is 10.5 Å². The Morgan fingerprint density at radius 2 is 1.89 bits per heavy atom. The number of ether oxygens (including phenoxy) is 1. The second kappa shape index (κ2) is 6.92. The fourth-order valence-electron chi connectivity index (χ4n) is 1.97. The Bertz CT molecular complexity index is 385. The van der Waals surface area contributed by atoms with Crippen LogP contribution in [0.2, 0.25) is 0 Å². The Balaban J connectivity index is 2.46. The average molecular weight is 264 g/mol. The van der Waals surface area contributed by atoms with E-state index >= 15 is 0 Å². The van der Waals surface area contributed by atoms with Crippen molar-refractivity contribution in [1.82, 2.24) is 4.90 Å². The molecule has 3 heteroatoms. The molecule has 0 saturated carbocycles. The van der Waals surface area contributed by atoms with Crippen molar-refractivity contribution in [2.24, 2.45) is 11.1 Å². The van der Waals surface area contributed by atoms with Gasteiger partial charge in [0, 0.05) is 24.7 Å². The first kappa shape index (κ1) is 16.0. The van der Waals surface area contributed by atoms with Crippen molar-refractivity contribution >= 4 is 0 Å². The summed E-state index contributed by atoms with van der Waals surface area (Å²) in [5, 5.41) is 0. The molecule has 0 aliphatic rings. The number of para-hydroxylation sites is 1. The molecule has 0 amide bonds. The maximum absolute atomic E-state index is 5.84. The average Bonchev–Trinajstić information content (AvgIpc) is 2.37. The molecule has 0 bridgehead atoms. The Labute approximate surface area is 117 Å². The van der Waals surface area contributed by atoms with Gasteiger partial charge in [0.25, 0.3) is 0 Å². The van der Waals surface area contributed by atoms with Crippen LogP contribution in [0.15, 0.2) is 24.3 Å². The Kier molecular flexibility index (Phi) is 5.83. The highest BCUT2D eigenvalue weighted by Crippen LogP contribution is 2.23. The van der Waals surface area contributed by atoms with Crippen molar-refractivity contribution in [1.29, 1.82) is 0 Å². The summed E-state index contributed by atoms with van der Waals surface area (Å²) in [6.45, 7) is 11.2. The van der Waals surface area contributed by atoms with E-state index in [1.807, 2.05) is 24.3 Å². The van der Waals surface area contributed by atoms with E-state index in [-0.39, 0.29) is 5.41 Å². The second-order valence-electron chi connectivity index (χ2n) is 6.18. The van der Waals surface area contributed by atoms with Gasteiger partial charge in [-0.3, -0.25) is 4.90 Å². The summed E-state index contributed by atoms with van der Waals surface area (Å²) in [5.74, 6) is 0.904. The smallest absolute Gasteiger partial charge is 0.123 e. The summed E-state index contributed by atoms with van der Waals surface area (Å²) in [7, 11) is 2.15. The fourth-order valence-corrected chi connectivity index (χ4v) is 1.97. The van der Waals surface area contributed by atoms with Crippen LogP contribution in [0.1, 0.15) is 33.3 Å². The predicted octanol–water partition coefficient (Wildman–Crippen LogP) is 2.89. The first-order valence-electron chi connectivity index (χ1n) is 6.97. The van der Waals surface area contributed by atoms with E-state index in [4.69, 9.17) is 10.5 Å². The van der Waals surface area contributed by atoms with Crippen LogP contribution in [0.25, 0.3) is 0 Å². The first-order chi connectivity index (χ1) is 8.86. The van der Waals surface area contributed by atoms with Crippen LogP contribution in [0, 0.1) is 5.41 Å². The highest BCUT2D eigenvalue weighted by Gasteiger charge is 2.23. The van der Waals surface area contributed by atoms with Gasteiger partial charge in [-0.2, -0.15) is 0 Å². The van der Waals surface area contributed by atoms with E-state index < -0.39 is 0 Å². The number of hydrogen-bond donors (Lipinski definition) is 1. The molecule has 1 atom stereocenters. The van der Waals surface area contributed by atoms with Gasteiger partial charge in [0.1, 0.15) is 12.4 Å². The number of nitrogens with two attached hydrogens (primary N) is 1. The number of hydrogen-bond acceptors (Lipinski definition) is 3. The minimum Gasteiger partial charge on any atom is -0.492 e. The highest BCUT2D eigenvalue weighted by molar-refractivity contribution is 5.32. The molecule has 2 N–H and O–H groups in total. The highest BCUT2D eigenvalue weighted by atomic mass is 16.5. The maximum atomic E-state index is 5.84. The Hall–Kier alpha value is -1.06. The van der Waals surface area contributed by atoms with Gasteiger partial charge in [-0.05, 0) is 25.5 Å². The predicted molar refractivity (Wildman–Crippen MR) is 81.4 cm³/mol. The van der Waals surface area contributed by atoms with Gasteiger partial charge >= 0.3 is 0 Å². The van der Waals surface area contributed by atoms with E-state index in [1.54, 1.807) is 0 Å². The van der Waals surface area contributed by atoms with Gasteiger partial charge in [-0.15, -0.1) is 0 Å². The van der Waals surface area contributed by atoms with Crippen molar-refractivity contribution < 1.29 is 4.74 Å². The van der Waals surface area contributed by atoms with E-state index in [1.165, 1.54) is 0 Å². The summed E-state index contributed by atoms with van der Waals surface area (Å²) >= 11 is 0. The molecular formula is C16H28N2O. The number of likely N-dealkylation sites (N-methyl/N-ethyl adjacent to an activating group) is 1. The van der Waals surface area contributed by atoms with Gasteiger partial charge in [0.05, 0.1) is 0 Å². The zero-order valence-corrected chi connectivity index (χ0v) is 12.9. The number of benzene rings is 1. The van der Waals surface area contributed by atoms with Crippen molar-refractivity contribution in [2.45, 2.75) is 40.3 Å². The standard InChI is InChI=1S/C16H28N2O/c1-13(16(2,3)4)18(5)10-11-19-15-9-7-6-8-14(15)12-17/h6-9,13H,10-12,17H2,1-5H3. The van der Waals surface area contributed by atoms with E-state index in [0.717, 1.165) is 17.9 Å². The maximum Gasteiger partial charge on any atom is 0.123 e. The molecule has 1 aromatic carbocycles. The fraction of sp³-hybridized carbons (Fsp3) is 0.625. The van der Waals surface area contributed by atoms with Gasteiger partial charge in [-0.25, -0.2) is 0 Å². The molecule has 0 aliphatic carbocycles. The van der Waals surface area contributed by atoms with Gasteiger partial charge in [0.15, 0.2) is 0 Å². The molecule has 19 heavy (non-hydrogen) atoms. The van der Waals surface area contributed by atoms with Crippen molar-refractivity contribution in [3.8, 4) is 5.75 Å². The first-order valence-corrected chi connectivity index (χ1v) is 6.97. The van der Waals surface area contributed by atoms with Crippen LogP contribution >= 0.6 is 0 Å². The lowest BCUT2D eigenvalue weighted by Gasteiger charge is -2.35. The lowest BCUT2D eigenvalue weighted by atomic mass is 9.87. The summed E-state index contributed by atoms with van der Waals surface area (Å²) in [4.78, 5) is 2.34. The van der Waals surface area contributed by atoms with Crippen molar-refractivity contribution in [3.63, 3.8) is 0 Å². The molecule has 3 nitrogen and oxygen atoms in total. The molecule has 1 rings (SSSR count). The zero-order chi connectivity index (χ0) is 14.5. The largest absolute Gasteiger partial charge is 0.492 e. The van der Waals surface area contributed by atoms with Crippen LogP contribution in [0.3, 0.4) is 0 Å². The van der Waals surface area contributed by atoms with Gasteiger partial charge in [-0.1, -0.05) is 39.0 Å². The quantitative estimate of drug-likeness (QED) is 0.858. The van der Waals surface area contributed by atoms with Crippen molar-refractivity contribution in [3.05, 3.63) is 29.8 Å². The van der Waals surface area contributed by atoms with Gasteiger partial charge in [0.2, 0.25) is 0 Å². The number of rotatable bonds is 6. The zero-order valence-electron chi connectivity index (χ0n) is 12.9. The minimum atomic E-state index is 0.282. The lowest BCUT2D eigenvalue weighted by Crippen LogP contribution is -2.41. The molecule has 0 heterocycles. The van der Waals surface area contributed by atoms with Crippen LogP contribution in [-0.4, -0.2) is 31.1 Å².